The van der Waals surface area contributed by atoms with Crippen molar-refractivity contribution >= 4 is 17.0 Å². The maximum absolute atomic E-state index is 11.8. The molecule has 2 rings (SSSR count). The normalized spacial score (nSPS) is 12.6. The molecule has 102 valence electrons. The van der Waals surface area contributed by atoms with E-state index < -0.39 is 0 Å². The van der Waals surface area contributed by atoms with Gasteiger partial charge in [0.15, 0.2) is 0 Å². The maximum atomic E-state index is 11.8. The number of aryl methyl sites for hydroxylation is 1. The van der Waals surface area contributed by atoms with E-state index in [1.807, 2.05) is 30.5 Å². The van der Waals surface area contributed by atoms with Crippen molar-refractivity contribution in [1.29, 1.82) is 0 Å². The Morgan fingerprint density at radius 3 is 2.79 bits per heavy atom. The second kappa shape index (κ2) is 5.40. The van der Waals surface area contributed by atoms with Gasteiger partial charge in [0.1, 0.15) is 5.82 Å². The number of aromatic nitrogens is 2. The minimum atomic E-state index is -0.310. The summed E-state index contributed by atoms with van der Waals surface area (Å²) in [5.41, 5.74) is 8.23. The van der Waals surface area contributed by atoms with Crippen LogP contribution in [0.4, 0.5) is 0 Å². The van der Waals surface area contributed by atoms with Crippen molar-refractivity contribution < 1.29 is 9.53 Å². The third kappa shape index (κ3) is 2.46. The van der Waals surface area contributed by atoms with Crippen molar-refractivity contribution in [2.45, 2.75) is 33.4 Å². The molecule has 0 saturated heterocycles. The second-order valence-electron chi connectivity index (χ2n) is 4.43. The number of carbonyl (C=O) groups excluding carboxylic acids is 1. The number of ether oxygens (including phenoxy) is 1. The summed E-state index contributed by atoms with van der Waals surface area (Å²) in [6.07, 6.45) is 0. The fourth-order valence-corrected chi connectivity index (χ4v) is 2.16. The third-order valence-corrected chi connectivity index (χ3v) is 3.01. The van der Waals surface area contributed by atoms with Gasteiger partial charge in [0.2, 0.25) is 0 Å². The maximum Gasteiger partial charge on any atom is 0.338 e. The highest BCUT2D eigenvalue weighted by Gasteiger charge is 2.15. The number of carbonyl (C=O) groups is 1. The lowest BCUT2D eigenvalue weighted by Crippen LogP contribution is -2.13. The van der Waals surface area contributed by atoms with Crippen molar-refractivity contribution in [3.8, 4) is 0 Å². The van der Waals surface area contributed by atoms with Gasteiger partial charge in [-0.15, -0.1) is 0 Å². The molecular formula is C14H19N3O2. The predicted molar refractivity (Wildman–Crippen MR) is 74.0 cm³/mol. The first kappa shape index (κ1) is 13.5. The molecule has 1 atom stereocenters. The first-order chi connectivity index (χ1) is 9.08. The van der Waals surface area contributed by atoms with Crippen LogP contribution in [-0.2, 0) is 11.3 Å². The average Bonchev–Trinajstić information content (AvgIpc) is 2.76. The Morgan fingerprint density at radius 2 is 2.21 bits per heavy atom. The van der Waals surface area contributed by atoms with Gasteiger partial charge in [-0.25, -0.2) is 9.78 Å². The Hall–Kier alpha value is -1.88. The SMILES string of the molecule is CCOC(=O)c1ccc2nc([C@@H](C)N)n(CC)c2c1. The molecule has 5 nitrogen and oxygen atoms in total. The Morgan fingerprint density at radius 1 is 1.47 bits per heavy atom. The molecule has 0 radical (unpaired) electrons. The van der Waals surface area contributed by atoms with Crippen LogP contribution in [0.25, 0.3) is 11.0 Å². The van der Waals surface area contributed by atoms with E-state index in [-0.39, 0.29) is 12.0 Å². The number of fused-ring (bicyclic) bond motifs is 1. The van der Waals surface area contributed by atoms with Gasteiger partial charge in [0, 0.05) is 6.54 Å². The molecule has 2 aromatic rings. The van der Waals surface area contributed by atoms with E-state index in [0.717, 1.165) is 23.4 Å². The summed E-state index contributed by atoms with van der Waals surface area (Å²) < 4.78 is 7.04. The average molecular weight is 261 g/mol. The van der Waals surface area contributed by atoms with Gasteiger partial charge in [0.05, 0.1) is 29.2 Å². The van der Waals surface area contributed by atoms with Gasteiger partial charge in [-0.3, -0.25) is 0 Å². The molecular weight excluding hydrogens is 242 g/mol. The first-order valence-electron chi connectivity index (χ1n) is 6.51. The van der Waals surface area contributed by atoms with Crippen LogP contribution in [0.5, 0.6) is 0 Å². The highest BCUT2D eigenvalue weighted by Crippen LogP contribution is 2.21. The van der Waals surface area contributed by atoms with Crippen LogP contribution in [0.2, 0.25) is 0 Å². The highest BCUT2D eigenvalue weighted by atomic mass is 16.5. The quantitative estimate of drug-likeness (QED) is 0.857. The van der Waals surface area contributed by atoms with Crippen molar-refractivity contribution in [1.82, 2.24) is 9.55 Å². The summed E-state index contributed by atoms with van der Waals surface area (Å²) in [6.45, 7) is 6.86. The zero-order valence-corrected chi connectivity index (χ0v) is 11.5. The minimum Gasteiger partial charge on any atom is -0.462 e. The lowest BCUT2D eigenvalue weighted by atomic mass is 10.2. The molecule has 0 bridgehead atoms. The topological polar surface area (TPSA) is 70.1 Å². The number of hydrogen-bond donors (Lipinski definition) is 1. The van der Waals surface area contributed by atoms with Crippen LogP contribution in [0.3, 0.4) is 0 Å². The lowest BCUT2D eigenvalue weighted by molar-refractivity contribution is 0.0526. The minimum absolute atomic E-state index is 0.140. The first-order valence-corrected chi connectivity index (χ1v) is 6.51. The summed E-state index contributed by atoms with van der Waals surface area (Å²) >= 11 is 0. The number of rotatable bonds is 4. The third-order valence-electron chi connectivity index (χ3n) is 3.01. The van der Waals surface area contributed by atoms with Gasteiger partial charge in [-0.2, -0.15) is 0 Å². The molecule has 0 aliphatic carbocycles. The second-order valence-corrected chi connectivity index (χ2v) is 4.43. The molecule has 1 heterocycles. The molecule has 2 N–H and O–H groups in total. The largest absolute Gasteiger partial charge is 0.462 e. The smallest absolute Gasteiger partial charge is 0.338 e. The van der Waals surface area contributed by atoms with E-state index in [2.05, 4.69) is 4.98 Å². The van der Waals surface area contributed by atoms with Crippen LogP contribution in [0, 0.1) is 0 Å². The Bertz CT molecular complexity index is 602. The van der Waals surface area contributed by atoms with E-state index >= 15 is 0 Å². The van der Waals surface area contributed by atoms with Crippen molar-refractivity contribution in [2.75, 3.05) is 6.61 Å². The van der Waals surface area contributed by atoms with Crippen molar-refractivity contribution in [2.24, 2.45) is 5.73 Å². The molecule has 0 aliphatic heterocycles. The molecule has 5 heteroatoms. The van der Waals surface area contributed by atoms with Gasteiger partial charge >= 0.3 is 5.97 Å². The standard InChI is InChI=1S/C14H19N3O2/c1-4-17-12-8-10(14(18)19-5-2)6-7-11(12)16-13(17)9(3)15/h6-9H,4-5,15H2,1-3H3/t9-/m1/s1. The van der Waals surface area contributed by atoms with Gasteiger partial charge in [0.25, 0.3) is 0 Å². The van der Waals surface area contributed by atoms with E-state index in [1.54, 1.807) is 13.0 Å². The van der Waals surface area contributed by atoms with Crippen molar-refractivity contribution in [3.63, 3.8) is 0 Å². The molecule has 0 fully saturated rings. The van der Waals surface area contributed by atoms with Gasteiger partial charge in [-0.05, 0) is 39.0 Å². The molecule has 0 aliphatic rings. The Balaban J connectivity index is 2.55. The molecule has 0 amide bonds. The fourth-order valence-electron chi connectivity index (χ4n) is 2.16. The van der Waals surface area contributed by atoms with Crippen LogP contribution in [0.15, 0.2) is 18.2 Å². The molecule has 1 aromatic carbocycles. The zero-order valence-electron chi connectivity index (χ0n) is 11.5. The van der Waals surface area contributed by atoms with Crippen LogP contribution in [-0.4, -0.2) is 22.1 Å². The zero-order chi connectivity index (χ0) is 14.0. The Kier molecular flexibility index (Phi) is 3.85. The number of nitrogens with two attached hydrogens (primary N) is 1. The lowest BCUT2D eigenvalue weighted by Gasteiger charge is -2.08. The molecule has 0 unspecified atom stereocenters. The van der Waals surface area contributed by atoms with Crippen LogP contribution in [0.1, 0.15) is 43.0 Å². The predicted octanol–water partition coefficient (Wildman–Crippen LogP) is 2.25. The van der Waals surface area contributed by atoms with Gasteiger partial charge < -0.3 is 15.0 Å². The molecule has 19 heavy (non-hydrogen) atoms. The fraction of sp³-hybridized carbons (Fsp3) is 0.429. The monoisotopic (exact) mass is 261 g/mol. The number of hydrogen-bond acceptors (Lipinski definition) is 4. The van der Waals surface area contributed by atoms with E-state index in [4.69, 9.17) is 10.5 Å². The molecule has 0 spiro atoms. The number of esters is 1. The van der Waals surface area contributed by atoms with E-state index in [1.165, 1.54) is 0 Å². The number of imidazole rings is 1. The number of benzene rings is 1. The van der Waals surface area contributed by atoms with Crippen LogP contribution < -0.4 is 5.73 Å². The number of nitrogens with zero attached hydrogens (tertiary/aromatic N) is 2. The van der Waals surface area contributed by atoms with E-state index in [0.29, 0.717) is 12.2 Å². The van der Waals surface area contributed by atoms with Crippen LogP contribution >= 0.6 is 0 Å². The Labute approximate surface area is 112 Å². The van der Waals surface area contributed by atoms with E-state index in [9.17, 15) is 4.79 Å². The summed E-state index contributed by atoms with van der Waals surface area (Å²) in [4.78, 5) is 16.3. The van der Waals surface area contributed by atoms with Crippen molar-refractivity contribution in [3.05, 3.63) is 29.6 Å². The highest BCUT2D eigenvalue weighted by molar-refractivity contribution is 5.93. The summed E-state index contributed by atoms with van der Waals surface area (Å²) in [7, 11) is 0. The summed E-state index contributed by atoms with van der Waals surface area (Å²) in [6, 6.07) is 5.24. The summed E-state index contributed by atoms with van der Waals surface area (Å²) in [5, 5.41) is 0. The molecule has 0 saturated carbocycles. The van der Waals surface area contributed by atoms with Gasteiger partial charge in [-0.1, -0.05) is 0 Å². The molecule has 1 aromatic heterocycles. The summed E-state index contributed by atoms with van der Waals surface area (Å²) in [5.74, 6) is 0.522.